The molecule has 0 fully saturated rings. The van der Waals surface area contributed by atoms with Crippen molar-refractivity contribution in [3.8, 4) is 0 Å². The van der Waals surface area contributed by atoms with E-state index in [2.05, 4.69) is 15.3 Å². The fraction of sp³-hybridized carbons (Fsp3) is 0.444. The third-order valence-electron chi connectivity index (χ3n) is 4.37. The van der Waals surface area contributed by atoms with Crippen LogP contribution in [-0.4, -0.2) is 47.2 Å². The van der Waals surface area contributed by atoms with Crippen molar-refractivity contribution in [2.75, 3.05) is 7.05 Å². The van der Waals surface area contributed by atoms with Crippen molar-refractivity contribution in [1.29, 1.82) is 0 Å². The summed E-state index contributed by atoms with van der Waals surface area (Å²) in [5, 5.41) is 13.3. The van der Waals surface area contributed by atoms with Crippen LogP contribution in [0.3, 0.4) is 0 Å². The Kier molecular flexibility index (Phi) is 4.92. The van der Waals surface area contributed by atoms with E-state index in [1.54, 1.807) is 28.9 Å². The van der Waals surface area contributed by atoms with Gasteiger partial charge >= 0.3 is 0 Å². The first-order valence-corrected chi connectivity index (χ1v) is 8.70. The molecule has 8 heteroatoms. The van der Waals surface area contributed by atoms with Gasteiger partial charge in [-0.05, 0) is 39.8 Å². The van der Waals surface area contributed by atoms with Gasteiger partial charge in [0.15, 0.2) is 0 Å². The Labute approximate surface area is 153 Å². The third kappa shape index (κ3) is 3.68. The molecule has 0 radical (unpaired) electrons. The van der Waals surface area contributed by atoms with E-state index in [1.807, 2.05) is 49.3 Å². The van der Waals surface area contributed by atoms with Crippen molar-refractivity contribution in [2.45, 2.75) is 47.5 Å². The molecule has 0 unspecified atom stereocenters. The summed E-state index contributed by atoms with van der Waals surface area (Å²) < 4.78 is 5.47. The van der Waals surface area contributed by atoms with Crippen LogP contribution in [0.25, 0.3) is 0 Å². The Morgan fingerprint density at radius 3 is 2.54 bits per heavy atom. The van der Waals surface area contributed by atoms with Crippen LogP contribution < -0.4 is 0 Å². The first-order valence-electron chi connectivity index (χ1n) is 8.70. The number of hydrogen-bond donors (Lipinski definition) is 0. The van der Waals surface area contributed by atoms with Crippen LogP contribution in [-0.2, 0) is 19.8 Å². The molecule has 26 heavy (non-hydrogen) atoms. The third-order valence-corrected chi connectivity index (χ3v) is 4.37. The summed E-state index contributed by atoms with van der Waals surface area (Å²) in [5.74, 6) is -0.110. The molecule has 0 atom stereocenters. The van der Waals surface area contributed by atoms with Gasteiger partial charge < -0.3 is 4.90 Å². The first kappa shape index (κ1) is 17.9. The lowest BCUT2D eigenvalue weighted by atomic mass is 10.2. The largest absolute Gasteiger partial charge is 0.336 e. The van der Waals surface area contributed by atoms with Gasteiger partial charge in [0.25, 0.3) is 5.91 Å². The van der Waals surface area contributed by atoms with Crippen LogP contribution in [0.15, 0.2) is 24.5 Å². The van der Waals surface area contributed by atoms with Crippen LogP contribution in [0.5, 0.6) is 0 Å². The van der Waals surface area contributed by atoms with Crippen molar-refractivity contribution >= 4 is 5.91 Å². The molecule has 0 aliphatic rings. The van der Waals surface area contributed by atoms with E-state index in [1.165, 1.54) is 0 Å². The number of amides is 1. The van der Waals surface area contributed by atoms with Crippen molar-refractivity contribution in [3.05, 3.63) is 52.9 Å². The minimum atomic E-state index is -0.110. The summed E-state index contributed by atoms with van der Waals surface area (Å²) in [7, 11) is 1.78. The highest BCUT2D eigenvalue weighted by molar-refractivity contribution is 5.91. The Morgan fingerprint density at radius 2 is 1.92 bits per heavy atom. The van der Waals surface area contributed by atoms with Crippen LogP contribution >= 0.6 is 0 Å². The van der Waals surface area contributed by atoms with Gasteiger partial charge in [-0.3, -0.25) is 14.2 Å². The quantitative estimate of drug-likeness (QED) is 0.678. The highest BCUT2D eigenvalue weighted by atomic mass is 16.2. The molecule has 0 spiro atoms. The molecular weight excluding hydrogens is 330 g/mol. The molecule has 3 aromatic rings. The molecule has 1 amide bonds. The molecule has 138 valence electrons. The predicted octanol–water partition coefficient (Wildman–Crippen LogP) is 2.00. The maximum Gasteiger partial charge on any atom is 0.274 e. The molecule has 3 heterocycles. The van der Waals surface area contributed by atoms with Crippen molar-refractivity contribution < 1.29 is 4.79 Å². The van der Waals surface area contributed by atoms with Crippen molar-refractivity contribution in [3.63, 3.8) is 0 Å². The molecular formula is C18H25N7O. The zero-order valence-corrected chi connectivity index (χ0v) is 16.0. The van der Waals surface area contributed by atoms with Crippen LogP contribution in [0.1, 0.15) is 40.1 Å². The first-order chi connectivity index (χ1) is 12.4. The summed E-state index contributed by atoms with van der Waals surface area (Å²) in [6.45, 7) is 9.77. The van der Waals surface area contributed by atoms with Gasteiger partial charge in [0, 0.05) is 43.8 Å². The predicted molar refractivity (Wildman–Crippen MR) is 97.8 cm³/mol. The number of carbonyl (C=O) groups excluding carboxylic acids is 1. The summed E-state index contributed by atoms with van der Waals surface area (Å²) in [5.41, 5.74) is 4.45. The van der Waals surface area contributed by atoms with Gasteiger partial charge in [0.2, 0.25) is 0 Å². The molecule has 0 bridgehead atoms. The lowest BCUT2D eigenvalue weighted by Gasteiger charge is -2.15. The molecule has 0 aliphatic heterocycles. The SMILES string of the molecule is CCn1cc(CN(C)C(=O)c2ccn(Cn3nc(C)cc3C)n2)c(C)n1. The van der Waals surface area contributed by atoms with Crippen LogP contribution in [0.4, 0.5) is 0 Å². The summed E-state index contributed by atoms with van der Waals surface area (Å²) >= 11 is 0. The second kappa shape index (κ2) is 7.15. The standard InChI is InChI=1S/C18H25N7O/c1-6-23-11-16(15(4)20-23)10-22(5)18(26)17-7-8-24(21-17)12-25-14(3)9-13(2)19-25/h7-9,11H,6,10,12H2,1-5H3. The van der Waals surface area contributed by atoms with Crippen LogP contribution in [0, 0.1) is 20.8 Å². The molecule has 0 N–H and O–H groups in total. The van der Waals surface area contributed by atoms with Gasteiger partial charge in [-0.2, -0.15) is 15.3 Å². The molecule has 0 aliphatic carbocycles. The Bertz CT molecular complexity index is 918. The molecule has 8 nitrogen and oxygen atoms in total. The molecule has 3 rings (SSSR count). The number of nitrogens with zero attached hydrogens (tertiary/aromatic N) is 7. The van der Waals surface area contributed by atoms with Crippen LogP contribution in [0.2, 0.25) is 0 Å². The van der Waals surface area contributed by atoms with E-state index in [0.29, 0.717) is 18.9 Å². The fourth-order valence-corrected chi connectivity index (χ4v) is 2.91. The van der Waals surface area contributed by atoms with E-state index in [4.69, 9.17) is 0 Å². The van der Waals surface area contributed by atoms with Gasteiger partial charge in [-0.15, -0.1) is 0 Å². The second-order valence-electron chi connectivity index (χ2n) is 6.57. The van der Waals surface area contributed by atoms with Gasteiger partial charge in [0.05, 0.1) is 11.4 Å². The number of carbonyl (C=O) groups is 1. The second-order valence-corrected chi connectivity index (χ2v) is 6.57. The van der Waals surface area contributed by atoms with E-state index in [0.717, 1.165) is 29.2 Å². The molecule has 0 aromatic carbocycles. The minimum absolute atomic E-state index is 0.110. The highest BCUT2D eigenvalue weighted by Gasteiger charge is 2.17. The number of aromatic nitrogens is 6. The number of aryl methyl sites for hydroxylation is 4. The van der Waals surface area contributed by atoms with E-state index in [9.17, 15) is 4.79 Å². The molecule has 0 saturated heterocycles. The zero-order chi connectivity index (χ0) is 18.8. The zero-order valence-electron chi connectivity index (χ0n) is 16.0. The van der Waals surface area contributed by atoms with Gasteiger partial charge in [-0.1, -0.05) is 0 Å². The monoisotopic (exact) mass is 355 g/mol. The average Bonchev–Trinajstić information content (AvgIpc) is 3.28. The van der Waals surface area contributed by atoms with E-state index < -0.39 is 0 Å². The topological polar surface area (TPSA) is 73.8 Å². The number of rotatable bonds is 6. The minimum Gasteiger partial charge on any atom is -0.336 e. The molecule has 0 saturated carbocycles. The summed E-state index contributed by atoms with van der Waals surface area (Å²) in [6, 6.07) is 3.76. The summed E-state index contributed by atoms with van der Waals surface area (Å²) in [6.07, 6.45) is 3.79. The Hall–Kier alpha value is -2.90. The van der Waals surface area contributed by atoms with E-state index in [-0.39, 0.29) is 5.91 Å². The number of hydrogen-bond acceptors (Lipinski definition) is 4. The van der Waals surface area contributed by atoms with Crippen molar-refractivity contribution in [1.82, 2.24) is 34.2 Å². The normalized spacial score (nSPS) is 11.1. The average molecular weight is 355 g/mol. The highest BCUT2D eigenvalue weighted by Crippen LogP contribution is 2.11. The fourth-order valence-electron chi connectivity index (χ4n) is 2.91. The van der Waals surface area contributed by atoms with E-state index >= 15 is 0 Å². The maximum atomic E-state index is 12.7. The van der Waals surface area contributed by atoms with Gasteiger partial charge in [0.1, 0.15) is 12.4 Å². The summed E-state index contributed by atoms with van der Waals surface area (Å²) in [4.78, 5) is 14.3. The van der Waals surface area contributed by atoms with Gasteiger partial charge in [-0.25, -0.2) is 4.68 Å². The smallest absolute Gasteiger partial charge is 0.274 e. The molecule has 3 aromatic heterocycles. The Balaban J connectivity index is 1.68. The Morgan fingerprint density at radius 1 is 1.15 bits per heavy atom. The maximum absolute atomic E-state index is 12.7. The lowest BCUT2D eigenvalue weighted by Crippen LogP contribution is -2.27. The van der Waals surface area contributed by atoms with Crippen molar-refractivity contribution in [2.24, 2.45) is 0 Å². The lowest BCUT2D eigenvalue weighted by molar-refractivity contribution is 0.0778.